The van der Waals surface area contributed by atoms with Gasteiger partial charge in [0.2, 0.25) is 10.0 Å². The predicted octanol–water partition coefficient (Wildman–Crippen LogP) is 2.84. The zero-order valence-corrected chi connectivity index (χ0v) is 13.2. The van der Waals surface area contributed by atoms with E-state index in [4.69, 9.17) is 5.73 Å². The maximum atomic E-state index is 12.7. The van der Waals surface area contributed by atoms with Gasteiger partial charge in [0, 0.05) is 18.8 Å². The molecule has 0 spiro atoms. The van der Waals surface area contributed by atoms with Crippen molar-refractivity contribution in [1.82, 2.24) is 4.31 Å². The fourth-order valence-electron chi connectivity index (χ4n) is 2.61. The van der Waals surface area contributed by atoms with Crippen LogP contribution in [-0.4, -0.2) is 25.8 Å². The number of rotatable bonds is 2. The van der Waals surface area contributed by atoms with Crippen LogP contribution in [0.1, 0.15) is 43.2 Å². The fourth-order valence-corrected chi connectivity index (χ4v) is 4.25. The van der Waals surface area contributed by atoms with E-state index in [9.17, 15) is 8.42 Å². The van der Waals surface area contributed by atoms with Gasteiger partial charge in [-0.05, 0) is 49.9 Å². The summed E-state index contributed by atoms with van der Waals surface area (Å²) >= 11 is 0. The number of anilines is 1. The molecule has 0 radical (unpaired) electrons. The van der Waals surface area contributed by atoms with Gasteiger partial charge in [-0.25, -0.2) is 8.42 Å². The maximum Gasteiger partial charge on any atom is 0.243 e. The number of hydrogen-bond acceptors (Lipinski definition) is 3. The van der Waals surface area contributed by atoms with Crippen LogP contribution in [0.2, 0.25) is 0 Å². The monoisotopic (exact) mass is 296 g/mol. The zero-order chi connectivity index (χ0) is 14.8. The van der Waals surface area contributed by atoms with E-state index in [1.807, 2.05) is 13.8 Å². The fraction of sp³-hybridized carbons (Fsp3) is 0.600. The number of nitrogens with zero attached hydrogens (tertiary/aromatic N) is 1. The number of hydrogen-bond donors (Lipinski definition) is 1. The van der Waals surface area contributed by atoms with Crippen LogP contribution in [0.4, 0.5) is 5.69 Å². The molecule has 1 aromatic carbocycles. The summed E-state index contributed by atoms with van der Waals surface area (Å²) in [6.45, 7) is 5.06. The van der Waals surface area contributed by atoms with Gasteiger partial charge in [-0.15, -0.1) is 0 Å². The van der Waals surface area contributed by atoms with Gasteiger partial charge < -0.3 is 5.73 Å². The first kappa shape index (κ1) is 15.3. The van der Waals surface area contributed by atoms with Crippen molar-refractivity contribution in [1.29, 1.82) is 0 Å². The average Bonchev–Trinajstić information content (AvgIpc) is 2.34. The van der Waals surface area contributed by atoms with Crippen LogP contribution in [0.15, 0.2) is 17.0 Å². The number of sulfonamides is 1. The minimum atomic E-state index is -3.41. The van der Waals surface area contributed by atoms with Crippen molar-refractivity contribution in [3.05, 3.63) is 23.3 Å². The van der Waals surface area contributed by atoms with E-state index in [1.54, 1.807) is 16.4 Å². The highest BCUT2D eigenvalue weighted by Gasteiger charge is 2.25. The van der Waals surface area contributed by atoms with Gasteiger partial charge in [-0.1, -0.05) is 19.3 Å². The Labute approximate surface area is 122 Å². The van der Waals surface area contributed by atoms with E-state index >= 15 is 0 Å². The van der Waals surface area contributed by atoms with Crippen LogP contribution in [-0.2, 0) is 10.0 Å². The van der Waals surface area contributed by atoms with Crippen molar-refractivity contribution in [3.63, 3.8) is 0 Å². The number of aryl methyl sites for hydroxylation is 1. The van der Waals surface area contributed by atoms with Gasteiger partial charge in [0.05, 0.1) is 4.90 Å². The molecule has 2 rings (SSSR count). The second-order valence-corrected chi connectivity index (χ2v) is 7.56. The molecule has 0 saturated carbocycles. The van der Waals surface area contributed by atoms with Gasteiger partial charge in [-0.2, -0.15) is 4.31 Å². The summed E-state index contributed by atoms with van der Waals surface area (Å²) < 4.78 is 27.1. The molecule has 4 nitrogen and oxygen atoms in total. The third-order valence-corrected chi connectivity index (χ3v) is 6.01. The van der Waals surface area contributed by atoms with E-state index in [0.717, 1.165) is 36.8 Å². The normalized spacial score (nSPS) is 18.5. The van der Waals surface area contributed by atoms with Crippen LogP contribution in [0.3, 0.4) is 0 Å². The van der Waals surface area contributed by atoms with E-state index in [-0.39, 0.29) is 0 Å². The van der Waals surface area contributed by atoms with Crippen molar-refractivity contribution in [3.8, 4) is 0 Å². The first-order chi connectivity index (χ1) is 9.43. The Morgan fingerprint density at radius 3 is 2.10 bits per heavy atom. The summed E-state index contributed by atoms with van der Waals surface area (Å²) in [6.07, 6.45) is 5.33. The van der Waals surface area contributed by atoms with Crippen molar-refractivity contribution < 1.29 is 8.42 Å². The van der Waals surface area contributed by atoms with Gasteiger partial charge in [0.1, 0.15) is 0 Å². The van der Waals surface area contributed by atoms with Crippen molar-refractivity contribution in [2.45, 2.75) is 50.8 Å². The molecular formula is C15H24N2O2S. The highest BCUT2D eigenvalue weighted by Crippen LogP contribution is 2.25. The number of nitrogen functional groups attached to an aromatic ring is 1. The van der Waals surface area contributed by atoms with Crippen LogP contribution < -0.4 is 5.73 Å². The Morgan fingerprint density at radius 2 is 1.55 bits per heavy atom. The lowest BCUT2D eigenvalue weighted by molar-refractivity contribution is 0.364. The lowest BCUT2D eigenvalue weighted by Crippen LogP contribution is -2.34. The quantitative estimate of drug-likeness (QED) is 0.854. The van der Waals surface area contributed by atoms with Gasteiger partial charge >= 0.3 is 0 Å². The van der Waals surface area contributed by atoms with Crippen molar-refractivity contribution in [2.75, 3.05) is 18.8 Å². The van der Waals surface area contributed by atoms with Gasteiger partial charge in [-0.3, -0.25) is 0 Å². The van der Waals surface area contributed by atoms with E-state index in [2.05, 4.69) is 0 Å². The topological polar surface area (TPSA) is 63.4 Å². The largest absolute Gasteiger partial charge is 0.398 e. The molecule has 1 heterocycles. The van der Waals surface area contributed by atoms with Crippen molar-refractivity contribution in [2.24, 2.45) is 0 Å². The molecule has 0 amide bonds. The Bertz CT molecular complexity index is 551. The molecule has 20 heavy (non-hydrogen) atoms. The Balaban J connectivity index is 2.33. The predicted molar refractivity (Wildman–Crippen MR) is 82.2 cm³/mol. The molecule has 112 valence electrons. The average molecular weight is 296 g/mol. The minimum Gasteiger partial charge on any atom is -0.398 e. The molecule has 1 aromatic rings. The summed E-state index contributed by atoms with van der Waals surface area (Å²) in [4.78, 5) is 0.332. The van der Waals surface area contributed by atoms with Gasteiger partial charge in [0.25, 0.3) is 0 Å². The molecule has 2 N–H and O–H groups in total. The second-order valence-electron chi connectivity index (χ2n) is 5.63. The smallest absolute Gasteiger partial charge is 0.243 e. The SMILES string of the molecule is Cc1cc(S(=O)(=O)N2CCCCCCC2)cc(N)c1C. The molecule has 0 aliphatic carbocycles. The molecular weight excluding hydrogens is 272 g/mol. The summed E-state index contributed by atoms with van der Waals surface area (Å²) in [5, 5.41) is 0. The highest BCUT2D eigenvalue weighted by molar-refractivity contribution is 7.89. The lowest BCUT2D eigenvalue weighted by atomic mass is 10.1. The molecule has 1 saturated heterocycles. The van der Waals surface area contributed by atoms with Gasteiger partial charge in [0.15, 0.2) is 0 Å². The lowest BCUT2D eigenvalue weighted by Gasteiger charge is -2.24. The van der Waals surface area contributed by atoms with Crippen LogP contribution in [0.5, 0.6) is 0 Å². The summed E-state index contributed by atoms with van der Waals surface area (Å²) in [6, 6.07) is 3.33. The molecule has 1 aliphatic heterocycles. The van der Waals surface area contributed by atoms with Crippen LogP contribution >= 0.6 is 0 Å². The van der Waals surface area contributed by atoms with Crippen molar-refractivity contribution >= 4 is 15.7 Å². The molecule has 0 unspecified atom stereocenters. The van der Waals surface area contributed by atoms with E-state index in [0.29, 0.717) is 23.7 Å². The molecule has 0 aromatic heterocycles. The Kier molecular flexibility index (Phi) is 4.70. The van der Waals surface area contributed by atoms with E-state index in [1.165, 1.54) is 6.42 Å². The maximum absolute atomic E-state index is 12.7. The Morgan fingerprint density at radius 1 is 1.00 bits per heavy atom. The molecule has 5 heteroatoms. The number of nitrogens with two attached hydrogens (primary N) is 1. The zero-order valence-electron chi connectivity index (χ0n) is 12.4. The third-order valence-electron chi connectivity index (χ3n) is 4.13. The first-order valence-electron chi connectivity index (χ1n) is 7.30. The molecule has 0 atom stereocenters. The van der Waals surface area contributed by atoms with Crippen LogP contribution in [0.25, 0.3) is 0 Å². The summed E-state index contributed by atoms with van der Waals surface area (Å²) in [5.41, 5.74) is 8.35. The highest BCUT2D eigenvalue weighted by atomic mass is 32.2. The molecule has 0 bridgehead atoms. The standard InChI is InChI=1S/C15H24N2O2S/c1-12-10-14(11-15(16)13(12)2)20(18,19)17-8-6-4-3-5-7-9-17/h10-11H,3-9,16H2,1-2H3. The summed E-state index contributed by atoms with van der Waals surface area (Å²) in [7, 11) is -3.41. The van der Waals surface area contributed by atoms with E-state index < -0.39 is 10.0 Å². The minimum absolute atomic E-state index is 0.332. The third kappa shape index (κ3) is 3.15. The second kappa shape index (κ2) is 6.14. The molecule has 1 aliphatic rings. The van der Waals surface area contributed by atoms with Crippen LogP contribution in [0, 0.1) is 13.8 Å². The first-order valence-corrected chi connectivity index (χ1v) is 8.74. The summed E-state index contributed by atoms with van der Waals surface area (Å²) in [5.74, 6) is 0. The number of benzene rings is 1. The molecule has 1 fully saturated rings. The Hall–Kier alpha value is -1.07.